The van der Waals surface area contributed by atoms with Gasteiger partial charge in [-0.3, -0.25) is 4.79 Å². The second-order valence-electron chi connectivity index (χ2n) is 4.07. The lowest BCUT2D eigenvalue weighted by molar-refractivity contribution is 0.0528. The number of thioether (sulfide) groups is 1. The highest BCUT2D eigenvalue weighted by atomic mass is 32.2. The van der Waals surface area contributed by atoms with Gasteiger partial charge in [0, 0.05) is 10.5 Å². The summed E-state index contributed by atoms with van der Waals surface area (Å²) in [4.78, 5) is 25.0. The van der Waals surface area contributed by atoms with Crippen LogP contribution in [0.2, 0.25) is 0 Å². The predicted molar refractivity (Wildman–Crippen MR) is 86.5 cm³/mol. The maximum Gasteiger partial charge on any atom is 0.341 e. The van der Waals surface area contributed by atoms with E-state index in [2.05, 4.69) is 5.32 Å². The molecule has 0 aliphatic rings. The molecule has 1 N–H and O–H groups in total. The van der Waals surface area contributed by atoms with Gasteiger partial charge in [-0.2, -0.15) is 0 Å². The van der Waals surface area contributed by atoms with E-state index < -0.39 is 5.97 Å². The Bertz CT molecular complexity index is 652. The van der Waals surface area contributed by atoms with Crippen LogP contribution in [0.4, 0.5) is 5.00 Å². The fourth-order valence-electron chi connectivity index (χ4n) is 1.72. The molecule has 1 heterocycles. The standard InChI is InChI=1S/C15H15NO3S2/c1-3-19-15(18)12-7-8-21-14(12)16-13(17)10-5-4-6-11(9-10)20-2/h4-9H,3H2,1-2H3,(H,16,17). The van der Waals surface area contributed by atoms with Crippen LogP contribution in [0.15, 0.2) is 40.6 Å². The highest BCUT2D eigenvalue weighted by Crippen LogP contribution is 2.25. The Kier molecular flexibility index (Phi) is 5.41. The Balaban J connectivity index is 2.16. The van der Waals surface area contributed by atoms with Crippen molar-refractivity contribution < 1.29 is 14.3 Å². The third-order valence-electron chi connectivity index (χ3n) is 2.72. The SMILES string of the molecule is CCOC(=O)c1ccsc1NC(=O)c1cccc(SC)c1. The van der Waals surface area contributed by atoms with E-state index in [1.165, 1.54) is 11.3 Å². The number of ether oxygens (including phenoxy) is 1. The van der Waals surface area contributed by atoms with E-state index in [4.69, 9.17) is 4.74 Å². The van der Waals surface area contributed by atoms with Crippen LogP contribution in [0.1, 0.15) is 27.6 Å². The van der Waals surface area contributed by atoms with Gasteiger partial charge in [-0.15, -0.1) is 23.1 Å². The van der Waals surface area contributed by atoms with Crippen molar-refractivity contribution in [1.82, 2.24) is 0 Å². The molecule has 4 nitrogen and oxygen atoms in total. The number of nitrogens with one attached hydrogen (secondary N) is 1. The number of rotatable bonds is 5. The maximum absolute atomic E-state index is 12.2. The minimum Gasteiger partial charge on any atom is -0.462 e. The summed E-state index contributed by atoms with van der Waals surface area (Å²) in [6, 6.07) is 8.99. The van der Waals surface area contributed by atoms with Crippen molar-refractivity contribution in [3.8, 4) is 0 Å². The molecule has 0 bridgehead atoms. The first kappa shape index (κ1) is 15.6. The van der Waals surface area contributed by atoms with Crippen molar-refractivity contribution in [2.24, 2.45) is 0 Å². The summed E-state index contributed by atoms with van der Waals surface area (Å²) in [6.07, 6.45) is 1.95. The summed E-state index contributed by atoms with van der Waals surface area (Å²) < 4.78 is 4.96. The molecule has 0 fully saturated rings. The predicted octanol–water partition coefficient (Wildman–Crippen LogP) is 3.90. The van der Waals surface area contributed by atoms with Crippen molar-refractivity contribution in [3.63, 3.8) is 0 Å². The first-order valence-electron chi connectivity index (χ1n) is 6.35. The Labute approximate surface area is 131 Å². The average Bonchev–Trinajstić information content (AvgIpc) is 2.95. The van der Waals surface area contributed by atoms with Crippen LogP contribution in [0.5, 0.6) is 0 Å². The summed E-state index contributed by atoms with van der Waals surface area (Å²) >= 11 is 2.87. The number of benzene rings is 1. The van der Waals surface area contributed by atoms with Gasteiger partial charge in [0.2, 0.25) is 0 Å². The van der Waals surface area contributed by atoms with Crippen molar-refractivity contribution in [2.45, 2.75) is 11.8 Å². The summed E-state index contributed by atoms with van der Waals surface area (Å²) in [5.41, 5.74) is 0.946. The maximum atomic E-state index is 12.2. The molecule has 110 valence electrons. The molecule has 21 heavy (non-hydrogen) atoms. The lowest BCUT2D eigenvalue weighted by Crippen LogP contribution is -2.14. The van der Waals surface area contributed by atoms with E-state index in [0.717, 1.165) is 4.90 Å². The van der Waals surface area contributed by atoms with Crippen molar-refractivity contribution in [3.05, 3.63) is 46.8 Å². The van der Waals surface area contributed by atoms with Gasteiger partial charge in [0.25, 0.3) is 5.91 Å². The normalized spacial score (nSPS) is 10.2. The highest BCUT2D eigenvalue weighted by Gasteiger charge is 2.16. The van der Waals surface area contributed by atoms with E-state index in [9.17, 15) is 9.59 Å². The first-order chi connectivity index (χ1) is 10.2. The molecule has 0 aliphatic carbocycles. The van der Waals surface area contributed by atoms with Gasteiger partial charge >= 0.3 is 5.97 Å². The number of hydrogen-bond donors (Lipinski definition) is 1. The molecule has 0 spiro atoms. The summed E-state index contributed by atoms with van der Waals surface area (Å²) in [7, 11) is 0. The van der Waals surface area contributed by atoms with Crippen LogP contribution < -0.4 is 5.32 Å². The van der Waals surface area contributed by atoms with Crippen LogP contribution >= 0.6 is 23.1 Å². The summed E-state index contributed by atoms with van der Waals surface area (Å²) in [5, 5.41) is 5.02. The number of amides is 1. The van der Waals surface area contributed by atoms with Gasteiger partial charge in [0.1, 0.15) is 5.00 Å². The van der Waals surface area contributed by atoms with Gasteiger partial charge in [0.15, 0.2) is 0 Å². The Morgan fingerprint density at radius 3 is 2.86 bits per heavy atom. The van der Waals surface area contributed by atoms with E-state index in [-0.39, 0.29) is 5.91 Å². The second kappa shape index (κ2) is 7.28. The fraction of sp³-hybridized carbons (Fsp3) is 0.200. The third kappa shape index (κ3) is 3.86. The van der Waals surface area contributed by atoms with Gasteiger partial charge < -0.3 is 10.1 Å². The van der Waals surface area contributed by atoms with Gasteiger partial charge in [0.05, 0.1) is 12.2 Å². The van der Waals surface area contributed by atoms with Crippen LogP contribution in [-0.4, -0.2) is 24.7 Å². The smallest absolute Gasteiger partial charge is 0.341 e. The minimum atomic E-state index is -0.424. The average molecular weight is 321 g/mol. The third-order valence-corrected chi connectivity index (χ3v) is 4.27. The molecule has 1 amide bonds. The Hall–Kier alpha value is -1.79. The number of anilines is 1. The number of esters is 1. The zero-order valence-corrected chi connectivity index (χ0v) is 13.3. The van der Waals surface area contributed by atoms with E-state index >= 15 is 0 Å². The zero-order valence-electron chi connectivity index (χ0n) is 11.7. The van der Waals surface area contributed by atoms with Crippen molar-refractivity contribution >= 4 is 40.0 Å². The molecule has 6 heteroatoms. The minimum absolute atomic E-state index is 0.237. The summed E-state index contributed by atoms with van der Waals surface area (Å²) in [6.45, 7) is 2.05. The van der Waals surface area contributed by atoms with Crippen molar-refractivity contribution in [2.75, 3.05) is 18.2 Å². The molecule has 0 saturated heterocycles. The molecule has 0 atom stereocenters. The molecule has 1 aromatic carbocycles. The van der Waals surface area contributed by atoms with Gasteiger partial charge in [-0.1, -0.05) is 6.07 Å². The van der Waals surface area contributed by atoms with Crippen LogP contribution in [0.3, 0.4) is 0 Å². The molecule has 0 radical (unpaired) electrons. The van der Waals surface area contributed by atoms with Crippen LogP contribution in [0.25, 0.3) is 0 Å². The van der Waals surface area contributed by atoms with E-state index in [0.29, 0.717) is 22.7 Å². The molecular formula is C15H15NO3S2. The van der Waals surface area contributed by atoms with Crippen molar-refractivity contribution in [1.29, 1.82) is 0 Å². The zero-order chi connectivity index (χ0) is 15.2. The van der Waals surface area contributed by atoms with Crippen LogP contribution in [-0.2, 0) is 4.74 Å². The largest absolute Gasteiger partial charge is 0.462 e. The molecule has 2 rings (SSSR count). The lowest BCUT2D eigenvalue weighted by Gasteiger charge is -2.07. The second-order valence-corrected chi connectivity index (χ2v) is 5.87. The number of carbonyl (C=O) groups excluding carboxylic acids is 2. The number of hydrogen-bond acceptors (Lipinski definition) is 5. The number of carbonyl (C=O) groups is 2. The van der Waals surface area contributed by atoms with Gasteiger partial charge in [-0.25, -0.2) is 4.79 Å². The Morgan fingerprint density at radius 2 is 2.14 bits per heavy atom. The molecule has 0 saturated carbocycles. The summed E-state index contributed by atoms with van der Waals surface area (Å²) in [5.74, 6) is -0.661. The molecule has 0 aliphatic heterocycles. The molecule has 0 unspecified atom stereocenters. The lowest BCUT2D eigenvalue weighted by atomic mass is 10.2. The quantitative estimate of drug-likeness (QED) is 0.670. The Morgan fingerprint density at radius 1 is 1.33 bits per heavy atom. The van der Waals surface area contributed by atoms with Gasteiger partial charge in [-0.05, 0) is 42.8 Å². The molecular weight excluding hydrogens is 306 g/mol. The fourth-order valence-corrected chi connectivity index (χ4v) is 2.94. The first-order valence-corrected chi connectivity index (χ1v) is 8.46. The van der Waals surface area contributed by atoms with E-state index in [1.54, 1.807) is 36.2 Å². The topological polar surface area (TPSA) is 55.4 Å². The van der Waals surface area contributed by atoms with E-state index in [1.807, 2.05) is 24.5 Å². The van der Waals surface area contributed by atoms with Crippen LogP contribution in [0, 0.1) is 0 Å². The number of thiophene rings is 1. The molecule has 1 aromatic heterocycles. The highest BCUT2D eigenvalue weighted by molar-refractivity contribution is 7.98. The molecule has 2 aromatic rings. The monoisotopic (exact) mass is 321 g/mol.